The third kappa shape index (κ3) is 1.84. The minimum Gasteiger partial charge on any atom is -0.369 e. The zero-order valence-electron chi connectivity index (χ0n) is 8.89. The Kier molecular flexibility index (Phi) is 2.33. The Bertz CT molecular complexity index is 325. The topological polar surface area (TPSA) is 28.2 Å². The third-order valence-electron chi connectivity index (χ3n) is 3.53. The second-order valence-corrected chi connectivity index (χ2v) is 4.58. The molecule has 0 radical (unpaired) electrons. The first kappa shape index (κ1) is 9.16. The number of anilines is 1. The summed E-state index contributed by atoms with van der Waals surface area (Å²) < 4.78 is 0. The van der Waals surface area contributed by atoms with E-state index in [2.05, 4.69) is 21.3 Å². The predicted molar refractivity (Wildman–Crippen MR) is 61.0 cm³/mol. The van der Waals surface area contributed by atoms with E-state index in [1.165, 1.54) is 31.5 Å². The minimum absolute atomic E-state index is 0.692. The van der Waals surface area contributed by atoms with Gasteiger partial charge in [0.05, 0.1) is 11.9 Å². The van der Waals surface area contributed by atoms with E-state index in [0.29, 0.717) is 6.04 Å². The van der Waals surface area contributed by atoms with Crippen LogP contribution in [0.4, 0.5) is 5.69 Å². The lowest BCUT2D eigenvalue weighted by Crippen LogP contribution is -2.35. The van der Waals surface area contributed by atoms with Gasteiger partial charge in [-0.3, -0.25) is 4.98 Å². The van der Waals surface area contributed by atoms with Gasteiger partial charge in [-0.15, -0.1) is 0 Å². The summed E-state index contributed by atoms with van der Waals surface area (Å²) in [5.74, 6) is 0. The molecular formula is C12H17N3. The molecule has 3 heteroatoms. The number of aromatic nitrogens is 1. The average molecular weight is 203 g/mol. The van der Waals surface area contributed by atoms with Crippen molar-refractivity contribution in [1.29, 1.82) is 0 Å². The van der Waals surface area contributed by atoms with Crippen LogP contribution in [0, 0.1) is 0 Å². The fourth-order valence-corrected chi connectivity index (χ4v) is 2.72. The first-order valence-electron chi connectivity index (χ1n) is 5.83. The van der Waals surface area contributed by atoms with Crippen LogP contribution in [0.25, 0.3) is 0 Å². The molecule has 1 aromatic rings. The van der Waals surface area contributed by atoms with Gasteiger partial charge in [-0.2, -0.15) is 0 Å². The molecule has 1 aromatic heterocycles. The van der Waals surface area contributed by atoms with Crippen molar-refractivity contribution in [2.75, 3.05) is 18.0 Å². The van der Waals surface area contributed by atoms with Crippen LogP contribution in [0.3, 0.4) is 0 Å². The van der Waals surface area contributed by atoms with Crippen LogP contribution in [-0.2, 0) is 0 Å². The number of rotatable bonds is 1. The summed E-state index contributed by atoms with van der Waals surface area (Å²) in [6, 6.07) is 5.63. The normalized spacial score (nSPS) is 30.3. The molecule has 0 saturated carbocycles. The van der Waals surface area contributed by atoms with Crippen molar-refractivity contribution in [2.24, 2.45) is 0 Å². The van der Waals surface area contributed by atoms with Crippen molar-refractivity contribution in [1.82, 2.24) is 10.3 Å². The number of pyridine rings is 1. The highest BCUT2D eigenvalue weighted by molar-refractivity contribution is 5.44. The fraction of sp³-hybridized carbons (Fsp3) is 0.583. The average Bonchev–Trinajstić information content (AvgIpc) is 2.60. The molecule has 2 aliphatic rings. The Morgan fingerprint density at radius 2 is 2.20 bits per heavy atom. The molecule has 0 spiro atoms. The molecule has 0 unspecified atom stereocenters. The second-order valence-electron chi connectivity index (χ2n) is 4.58. The Hall–Kier alpha value is -1.09. The Morgan fingerprint density at radius 3 is 3.07 bits per heavy atom. The van der Waals surface area contributed by atoms with E-state index in [9.17, 15) is 0 Å². The van der Waals surface area contributed by atoms with Gasteiger partial charge in [0.25, 0.3) is 0 Å². The van der Waals surface area contributed by atoms with E-state index < -0.39 is 0 Å². The van der Waals surface area contributed by atoms with Gasteiger partial charge in [-0.1, -0.05) is 0 Å². The molecule has 2 bridgehead atoms. The molecule has 3 rings (SSSR count). The predicted octanol–water partition coefficient (Wildman–Crippen LogP) is 1.41. The number of nitrogens with zero attached hydrogens (tertiary/aromatic N) is 2. The summed E-state index contributed by atoms with van der Waals surface area (Å²) in [5, 5.41) is 3.69. The Morgan fingerprint density at radius 1 is 1.27 bits per heavy atom. The van der Waals surface area contributed by atoms with Gasteiger partial charge >= 0.3 is 0 Å². The monoisotopic (exact) mass is 203 g/mol. The summed E-state index contributed by atoms with van der Waals surface area (Å²) in [5.41, 5.74) is 1.27. The first-order chi connectivity index (χ1) is 7.42. The highest BCUT2D eigenvalue weighted by Crippen LogP contribution is 2.23. The highest BCUT2D eigenvalue weighted by atomic mass is 15.2. The van der Waals surface area contributed by atoms with Gasteiger partial charge in [0.2, 0.25) is 0 Å². The zero-order valence-corrected chi connectivity index (χ0v) is 8.89. The van der Waals surface area contributed by atoms with Crippen molar-refractivity contribution in [3.8, 4) is 0 Å². The molecular weight excluding hydrogens is 186 g/mol. The van der Waals surface area contributed by atoms with Crippen LogP contribution in [0.15, 0.2) is 24.5 Å². The molecule has 3 nitrogen and oxygen atoms in total. The van der Waals surface area contributed by atoms with Gasteiger partial charge in [-0.05, 0) is 31.4 Å². The van der Waals surface area contributed by atoms with Crippen molar-refractivity contribution in [2.45, 2.75) is 31.3 Å². The first-order valence-corrected chi connectivity index (χ1v) is 5.83. The van der Waals surface area contributed by atoms with Crippen LogP contribution < -0.4 is 10.2 Å². The molecule has 2 aliphatic heterocycles. The van der Waals surface area contributed by atoms with Gasteiger partial charge in [0.15, 0.2) is 0 Å². The summed E-state index contributed by atoms with van der Waals surface area (Å²) in [4.78, 5) is 6.65. The molecule has 15 heavy (non-hydrogen) atoms. The highest BCUT2D eigenvalue weighted by Gasteiger charge is 2.29. The van der Waals surface area contributed by atoms with E-state index in [-0.39, 0.29) is 0 Å². The van der Waals surface area contributed by atoms with Crippen LogP contribution in [0.5, 0.6) is 0 Å². The Balaban J connectivity index is 1.77. The lowest BCUT2D eigenvalue weighted by atomic mass is 10.1. The van der Waals surface area contributed by atoms with E-state index >= 15 is 0 Å². The van der Waals surface area contributed by atoms with Gasteiger partial charge < -0.3 is 10.2 Å². The SMILES string of the molecule is c1cncc(N2CC[C@@H]3CC[C@H](C2)N3)c1. The number of hydrogen-bond donors (Lipinski definition) is 1. The van der Waals surface area contributed by atoms with Crippen LogP contribution in [0.1, 0.15) is 19.3 Å². The fourth-order valence-electron chi connectivity index (χ4n) is 2.72. The largest absolute Gasteiger partial charge is 0.369 e. The molecule has 2 fully saturated rings. The van der Waals surface area contributed by atoms with Gasteiger partial charge in [0, 0.05) is 31.4 Å². The van der Waals surface area contributed by atoms with Crippen molar-refractivity contribution in [3.63, 3.8) is 0 Å². The van der Waals surface area contributed by atoms with Crippen LogP contribution >= 0.6 is 0 Å². The number of nitrogens with one attached hydrogen (secondary N) is 1. The standard InChI is InChI=1S/C12H17N3/c1-2-12(8-13-6-1)15-7-5-10-3-4-11(9-15)14-10/h1-2,6,8,10-11,14H,3-5,7,9H2/t10-,11+/m0/s1. The minimum atomic E-state index is 0.692. The van der Waals surface area contributed by atoms with Crippen molar-refractivity contribution in [3.05, 3.63) is 24.5 Å². The molecule has 3 heterocycles. The molecule has 80 valence electrons. The summed E-state index contributed by atoms with van der Waals surface area (Å²) in [6.07, 6.45) is 7.78. The third-order valence-corrected chi connectivity index (χ3v) is 3.53. The van der Waals surface area contributed by atoms with E-state index in [0.717, 1.165) is 12.6 Å². The van der Waals surface area contributed by atoms with E-state index in [1.807, 2.05) is 18.5 Å². The molecule has 2 atom stereocenters. The quantitative estimate of drug-likeness (QED) is 0.748. The van der Waals surface area contributed by atoms with Gasteiger partial charge in [0.1, 0.15) is 0 Å². The number of fused-ring (bicyclic) bond motifs is 2. The van der Waals surface area contributed by atoms with E-state index in [4.69, 9.17) is 0 Å². The maximum absolute atomic E-state index is 4.19. The zero-order chi connectivity index (χ0) is 10.1. The van der Waals surface area contributed by atoms with Gasteiger partial charge in [-0.25, -0.2) is 0 Å². The van der Waals surface area contributed by atoms with E-state index in [1.54, 1.807) is 0 Å². The molecule has 2 saturated heterocycles. The Labute approximate surface area is 90.5 Å². The maximum atomic E-state index is 4.19. The van der Waals surface area contributed by atoms with Crippen LogP contribution in [0.2, 0.25) is 0 Å². The molecule has 0 aliphatic carbocycles. The summed E-state index contributed by atoms with van der Waals surface area (Å²) in [7, 11) is 0. The maximum Gasteiger partial charge on any atom is 0.0553 e. The second kappa shape index (κ2) is 3.81. The van der Waals surface area contributed by atoms with Crippen molar-refractivity contribution < 1.29 is 0 Å². The number of hydrogen-bond acceptors (Lipinski definition) is 3. The smallest absolute Gasteiger partial charge is 0.0553 e. The lowest BCUT2D eigenvalue weighted by Gasteiger charge is -2.25. The summed E-state index contributed by atoms with van der Waals surface area (Å²) >= 11 is 0. The lowest BCUT2D eigenvalue weighted by molar-refractivity contribution is 0.563. The molecule has 1 N–H and O–H groups in total. The molecule has 0 amide bonds. The van der Waals surface area contributed by atoms with Crippen molar-refractivity contribution >= 4 is 5.69 Å². The van der Waals surface area contributed by atoms with Crippen LogP contribution in [-0.4, -0.2) is 30.2 Å². The molecule has 0 aromatic carbocycles. The summed E-state index contributed by atoms with van der Waals surface area (Å²) in [6.45, 7) is 2.31.